The van der Waals surface area contributed by atoms with Gasteiger partial charge in [-0.25, -0.2) is 0 Å². The predicted octanol–water partition coefficient (Wildman–Crippen LogP) is 1.14. The van der Waals surface area contributed by atoms with E-state index in [0.29, 0.717) is 17.3 Å². The van der Waals surface area contributed by atoms with E-state index in [1.807, 2.05) is 0 Å². The van der Waals surface area contributed by atoms with Crippen LogP contribution in [-0.4, -0.2) is 43.6 Å². The number of likely N-dealkylation sites (N-methyl/N-ethyl adjacent to an activating group) is 1. The number of aliphatic hydroxyl groups excluding tert-OH is 2. The molecule has 2 N–H and O–H groups in total. The highest BCUT2D eigenvalue weighted by molar-refractivity contribution is 6.30. The molecule has 1 rings (SSSR count). The third-order valence-corrected chi connectivity index (χ3v) is 2.48. The molecule has 0 saturated carbocycles. The summed E-state index contributed by atoms with van der Waals surface area (Å²) < 4.78 is 5.19. The van der Waals surface area contributed by atoms with Crippen molar-refractivity contribution in [1.29, 1.82) is 0 Å². The van der Waals surface area contributed by atoms with Crippen molar-refractivity contribution in [2.75, 3.05) is 32.2 Å². The minimum Gasteiger partial charge on any atom is -0.495 e. The van der Waals surface area contributed by atoms with Crippen molar-refractivity contribution < 1.29 is 14.9 Å². The summed E-state index contributed by atoms with van der Waals surface area (Å²) in [5.74, 6) is 0.678. The van der Waals surface area contributed by atoms with E-state index < -0.39 is 6.10 Å². The van der Waals surface area contributed by atoms with Gasteiger partial charge in [-0.3, -0.25) is 0 Å². The van der Waals surface area contributed by atoms with Gasteiger partial charge in [0.15, 0.2) is 0 Å². The summed E-state index contributed by atoms with van der Waals surface area (Å²) >= 11 is 5.89. The summed E-state index contributed by atoms with van der Waals surface area (Å²) in [6.45, 7) is 0.0421. The van der Waals surface area contributed by atoms with E-state index in [9.17, 15) is 5.11 Å². The van der Waals surface area contributed by atoms with Gasteiger partial charge in [-0.15, -0.1) is 0 Å². The molecule has 0 spiro atoms. The summed E-state index contributed by atoms with van der Waals surface area (Å²) in [6, 6.07) is 5.25. The standard InChI is InChI=1S/C11H16ClNO3/c1-13(6-9(15)7-14)10-5-8(12)3-4-11(10)16-2/h3-5,9,14-15H,6-7H2,1-2H3. The topological polar surface area (TPSA) is 52.9 Å². The third-order valence-electron chi connectivity index (χ3n) is 2.25. The highest BCUT2D eigenvalue weighted by atomic mass is 35.5. The molecule has 1 atom stereocenters. The lowest BCUT2D eigenvalue weighted by Gasteiger charge is -2.23. The van der Waals surface area contributed by atoms with E-state index in [1.165, 1.54) is 0 Å². The monoisotopic (exact) mass is 245 g/mol. The van der Waals surface area contributed by atoms with Gasteiger partial charge in [0, 0.05) is 18.6 Å². The predicted molar refractivity (Wildman–Crippen MR) is 64.4 cm³/mol. The molecule has 0 aliphatic rings. The molecule has 1 aromatic carbocycles. The van der Waals surface area contributed by atoms with Crippen LogP contribution in [0.1, 0.15) is 0 Å². The fourth-order valence-corrected chi connectivity index (χ4v) is 1.60. The van der Waals surface area contributed by atoms with Crippen molar-refractivity contribution >= 4 is 17.3 Å². The lowest BCUT2D eigenvalue weighted by Crippen LogP contribution is -2.31. The molecule has 16 heavy (non-hydrogen) atoms. The van der Waals surface area contributed by atoms with Crippen LogP contribution in [0.3, 0.4) is 0 Å². The Labute approximate surface area is 100 Å². The number of ether oxygens (including phenoxy) is 1. The fraction of sp³-hybridized carbons (Fsp3) is 0.455. The average Bonchev–Trinajstić information content (AvgIpc) is 2.28. The molecular weight excluding hydrogens is 230 g/mol. The second-order valence-corrected chi connectivity index (χ2v) is 3.97. The molecule has 1 aromatic rings. The van der Waals surface area contributed by atoms with E-state index in [0.717, 1.165) is 5.69 Å². The van der Waals surface area contributed by atoms with Crippen LogP contribution in [0.4, 0.5) is 5.69 Å². The van der Waals surface area contributed by atoms with Gasteiger partial charge < -0.3 is 19.8 Å². The lowest BCUT2D eigenvalue weighted by atomic mass is 10.2. The third kappa shape index (κ3) is 3.27. The molecule has 0 fully saturated rings. The molecule has 0 radical (unpaired) electrons. The van der Waals surface area contributed by atoms with Crippen molar-refractivity contribution in [3.63, 3.8) is 0 Å². The first-order valence-corrected chi connectivity index (χ1v) is 5.30. The summed E-state index contributed by atoms with van der Waals surface area (Å²) in [5, 5.41) is 18.7. The molecule has 0 amide bonds. The minimum atomic E-state index is -0.784. The van der Waals surface area contributed by atoms with Crippen molar-refractivity contribution in [2.24, 2.45) is 0 Å². The van der Waals surface area contributed by atoms with E-state index >= 15 is 0 Å². The van der Waals surface area contributed by atoms with Crippen LogP contribution in [0.25, 0.3) is 0 Å². The van der Waals surface area contributed by atoms with Crippen molar-refractivity contribution in [3.05, 3.63) is 23.2 Å². The maximum absolute atomic E-state index is 9.36. The highest BCUT2D eigenvalue weighted by Crippen LogP contribution is 2.30. The molecule has 90 valence electrons. The van der Waals surface area contributed by atoms with Crippen LogP contribution in [-0.2, 0) is 0 Å². The first-order chi connectivity index (χ1) is 7.58. The maximum Gasteiger partial charge on any atom is 0.142 e. The van der Waals surface area contributed by atoms with Gasteiger partial charge in [-0.05, 0) is 18.2 Å². The van der Waals surface area contributed by atoms with Crippen LogP contribution in [0.15, 0.2) is 18.2 Å². The number of nitrogens with zero attached hydrogens (tertiary/aromatic N) is 1. The van der Waals surface area contributed by atoms with Crippen molar-refractivity contribution in [2.45, 2.75) is 6.10 Å². The molecule has 0 bridgehead atoms. The van der Waals surface area contributed by atoms with Crippen LogP contribution in [0, 0.1) is 0 Å². The van der Waals surface area contributed by atoms with Crippen LogP contribution >= 0.6 is 11.6 Å². The number of anilines is 1. The first-order valence-electron chi connectivity index (χ1n) is 4.92. The largest absolute Gasteiger partial charge is 0.495 e. The number of methoxy groups -OCH3 is 1. The van der Waals surface area contributed by atoms with Gasteiger partial charge in [0.05, 0.1) is 25.5 Å². The zero-order valence-corrected chi connectivity index (χ0v) is 10.1. The molecule has 0 aliphatic heterocycles. The second kappa shape index (κ2) is 5.94. The average molecular weight is 246 g/mol. The Balaban J connectivity index is 2.88. The number of benzene rings is 1. The molecule has 5 heteroatoms. The zero-order chi connectivity index (χ0) is 12.1. The number of halogens is 1. The Kier molecular flexibility index (Phi) is 4.86. The molecule has 0 saturated heterocycles. The van der Waals surface area contributed by atoms with E-state index in [1.54, 1.807) is 37.3 Å². The normalized spacial score (nSPS) is 12.3. The molecule has 0 aromatic heterocycles. The second-order valence-electron chi connectivity index (χ2n) is 3.53. The van der Waals surface area contributed by atoms with Crippen molar-refractivity contribution in [3.8, 4) is 5.75 Å². The van der Waals surface area contributed by atoms with Crippen molar-refractivity contribution in [1.82, 2.24) is 0 Å². The quantitative estimate of drug-likeness (QED) is 0.817. The number of hydrogen-bond donors (Lipinski definition) is 2. The molecule has 0 aliphatic carbocycles. The van der Waals surface area contributed by atoms with Gasteiger partial charge in [0.25, 0.3) is 0 Å². The van der Waals surface area contributed by atoms with E-state index in [-0.39, 0.29) is 6.61 Å². The van der Waals surface area contributed by atoms with E-state index in [2.05, 4.69) is 0 Å². The zero-order valence-electron chi connectivity index (χ0n) is 9.35. The summed E-state index contributed by atoms with van der Waals surface area (Å²) in [5.41, 5.74) is 0.780. The fourth-order valence-electron chi connectivity index (χ4n) is 1.43. The summed E-state index contributed by atoms with van der Waals surface area (Å²) in [6.07, 6.45) is -0.784. The van der Waals surface area contributed by atoms with E-state index in [4.69, 9.17) is 21.4 Å². The molecule has 1 unspecified atom stereocenters. The Morgan fingerprint density at radius 1 is 1.50 bits per heavy atom. The maximum atomic E-state index is 9.36. The van der Waals surface area contributed by atoms with Gasteiger partial charge in [0.2, 0.25) is 0 Å². The Bertz CT molecular complexity index is 346. The smallest absolute Gasteiger partial charge is 0.142 e. The van der Waals surface area contributed by atoms with Crippen LogP contribution < -0.4 is 9.64 Å². The van der Waals surface area contributed by atoms with Crippen LogP contribution in [0.2, 0.25) is 5.02 Å². The molecule has 4 nitrogen and oxygen atoms in total. The Morgan fingerprint density at radius 3 is 2.75 bits per heavy atom. The van der Waals surface area contributed by atoms with Gasteiger partial charge in [0.1, 0.15) is 5.75 Å². The first kappa shape index (κ1) is 13.1. The van der Waals surface area contributed by atoms with Gasteiger partial charge in [-0.1, -0.05) is 11.6 Å². The highest BCUT2D eigenvalue weighted by Gasteiger charge is 2.12. The summed E-state index contributed by atoms with van der Waals surface area (Å²) in [7, 11) is 3.37. The minimum absolute atomic E-state index is 0.271. The van der Waals surface area contributed by atoms with Gasteiger partial charge >= 0.3 is 0 Å². The number of hydrogen-bond acceptors (Lipinski definition) is 4. The Hall–Kier alpha value is -0.970. The number of aliphatic hydroxyl groups is 2. The van der Waals surface area contributed by atoms with Gasteiger partial charge in [-0.2, -0.15) is 0 Å². The molecule has 0 heterocycles. The SMILES string of the molecule is COc1ccc(Cl)cc1N(C)CC(O)CO. The molecular formula is C11H16ClNO3. The number of rotatable bonds is 5. The Morgan fingerprint density at radius 2 is 2.19 bits per heavy atom. The summed E-state index contributed by atoms with van der Waals surface area (Å²) in [4.78, 5) is 1.78. The lowest BCUT2D eigenvalue weighted by molar-refractivity contribution is 0.101. The van der Waals surface area contributed by atoms with Crippen LogP contribution in [0.5, 0.6) is 5.75 Å².